The zero-order valence-corrected chi connectivity index (χ0v) is 8.71. The van der Waals surface area contributed by atoms with Gasteiger partial charge in [0.1, 0.15) is 5.75 Å². The summed E-state index contributed by atoms with van der Waals surface area (Å²) in [5.74, 6) is 0.808. The Bertz CT molecular complexity index is 450. The maximum absolute atomic E-state index is 5.55. The van der Waals surface area contributed by atoms with Crippen molar-refractivity contribution in [1.29, 1.82) is 0 Å². The maximum atomic E-state index is 5.55. The molecular formula is C11H15N3O. The van der Waals surface area contributed by atoms with E-state index in [0.29, 0.717) is 6.54 Å². The van der Waals surface area contributed by atoms with Crippen molar-refractivity contribution >= 4 is 10.9 Å². The summed E-state index contributed by atoms with van der Waals surface area (Å²) in [6, 6.07) is 5.93. The molecule has 0 unspecified atom stereocenters. The van der Waals surface area contributed by atoms with E-state index in [2.05, 4.69) is 10.5 Å². The Labute approximate surface area is 88.4 Å². The predicted octanol–water partition coefficient (Wildman–Crippen LogP) is 1.18. The fourth-order valence-electron chi connectivity index (χ4n) is 1.70. The van der Waals surface area contributed by atoms with Gasteiger partial charge in [0, 0.05) is 24.1 Å². The van der Waals surface area contributed by atoms with Crippen molar-refractivity contribution in [2.75, 3.05) is 13.6 Å². The molecule has 4 nitrogen and oxygen atoms in total. The number of hydrogen-bond donors (Lipinski definition) is 3. The summed E-state index contributed by atoms with van der Waals surface area (Å²) in [5, 5.41) is 1.17. The first kappa shape index (κ1) is 10.0. The molecule has 4 heteroatoms. The molecule has 0 aliphatic carbocycles. The smallest absolute Gasteiger partial charge is 0.147 e. The summed E-state index contributed by atoms with van der Waals surface area (Å²) in [5.41, 5.74) is 10.6. The molecule has 0 saturated heterocycles. The number of fused-ring (bicyclic) bond motifs is 1. The minimum atomic E-state index is 0.657. The van der Waals surface area contributed by atoms with Crippen LogP contribution in [0.4, 0.5) is 0 Å². The summed E-state index contributed by atoms with van der Waals surface area (Å²) in [4.78, 5) is 8.43. The number of nitrogens with one attached hydrogen (secondary N) is 2. The molecule has 0 aliphatic heterocycles. The van der Waals surface area contributed by atoms with Crippen molar-refractivity contribution in [2.24, 2.45) is 5.73 Å². The van der Waals surface area contributed by atoms with E-state index in [1.54, 1.807) is 7.05 Å². The number of nitrogens with two attached hydrogens (primary N) is 1. The normalized spacial score (nSPS) is 10.8. The summed E-state index contributed by atoms with van der Waals surface area (Å²) in [7, 11) is 1.74. The molecule has 0 amide bonds. The highest BCUT2D eigenvalue weighted by Crippen LogP contribution is 2.23. The fourth-order valence-corrected chi connectivity index (χ4v) is 1.70. The summed E-state index contributed by atoms with van der Waals surface area (Å²) in [6.45, 7) is 0.657. The molecule has 2 rings (SSSR count). The van der Waals surface area contributed by atoms with Gasteiger partial charge in [-0.25, -0.2) is 0 Å². The molecule has 0 spiro atoms. The zero-order chi connectivity index (χ0) is 10.7. The summed E-state index contributed by atoms with van der Waals surface area (Å²) >= 11 is 0. The second-order valence-corrected chi connectivity index (χ2v) is 3.37. The number of hydrogen-bond acceptors (Lipinski definition) is 3. The van der Waals surface area contributed by atoms with Crippen LogP contribution in [0.25, 0.3) is 10.9 Å². The molecule has 0 radical (unpaired) electrons. The van der Waals surface area contributed by atoms with Crippen molar-refractivity contribution in [3.8, 4) is 5.75 Å². The van der Waals surface area contributed by atoms with Gasteiger partial charge in [-0.3, -0.25) is 0 Å². The number of hydroxylamine groups is 1. The third kappa shape index (κ3) is 1.95. The molecule has 1 aromatic heterocycles. The fraction of sp³-hybridized carbons (Fsp3) is 0.273. The van der Waals surface area contributed by atoms with Gasteiger partial charge in [-0.05, 0) is 36.7 Å². The average Bonchev–Trinajstić information content (AvgIpc) is 2.63. The Hall–Kier alpha value is -1.52. The van der Waals surface area contributed by atoms with Crippen LogP contribution >= 0.6 is 0 Å². The Morgan fingerprint density at radius 1 is 1.47 bits per heavy atom. The van der Waals surface area contributed by atoms with E-state index in [4.69, 9.17) is 10.6 Å². The van der Waals surface area contributed by atoms with Crippen molar-refractivity contribution < 1.29 is 4.84 Å². The van der Waals surface area contributed by atoms with Gasteiger partial charge >= 0.3 is 0 Å². The molecule has 0 fully saturated rings. The predicted molar refractivity (Wildman–Crippen MR) is 60.7 cm³/mol. The van der Waals surface area contributed by atoms with E-state index in [9.17, 15) is 0 Å². The number of aromatic amines is 1. The third-order valence-electron chi connectivity index (χ3n) is 2.37. The van der Waals surface area contributed by atoms with Crippen LogP contribution in [0.15, 0.2) is 24.4 Å². The lowest BCUT2D eigenvalue weighted by atomic mass is 10.1. The molecule has 2 aromatic rings. The van der Waals surface area contributed by atoms with Crippen LogP contribution in [0.3, 0.4) is 0 Å². The lowest BCUT2D eigenvalue weighted by molar-refractivity contribution is 0.224. The zero-order valence-electron chi connectivity index (χ0n) is 8.71. The average molecular weight is 205 g/mol. The Kier molecular flexibility index (Phi) is 2.89. The SMILES string of the molecule is CNOc1ccc2[nH]cc(CCN)c2c1. The summed E-state index contributed by atoms with van der Waals surface area (Å²) < 4.78 is 0. The van der Waals surface area contributed by atoms with Crippen molar-refractivity contribution in [1.82, 2.24) is 10.5 Å². The first-order valence-electron chi connectivity index (χ1n) is 4.99. The topological polar surface area (TPSA) is 63.1 Å². The molecule has 0 aliphatic rings. The molecule has 0 saturated carbocycles. The molecule has 0 bridgehead atoms. The van der Waals surface area contributed by atoms with E-state index < -0.39 is 0 Å². The molecule has 15 heavy (non-hydrogen) atoms. The van der Waals surface area contributed by atoms with Crippen LogP contribution in [0.1, 0.15) is 5.56 Å². The van der Waals surface area contributed by atoms with Gasteiger partial charge in [0.25, 0.3) is 0 Å². The van der Waals surface area contributed by atoms with Crippen LogP contribution in [-0.4, -0.2) is 18.6 Å². The Balaban J connectivity index is 2.42. The summed E-state index contributed by atoms with van der Waals surface area (Å²) in [6.07, 6.45) is 2.88. The lowest BCUT2D eigenvalue weighted by Crippen LogP contribution is -2.10. The second-order valence-electron chi connectivity index (χ2n) is 3.37. The lowest BCUT2D eigenvalue weighted by Gasteiger charge is -2.03. The molecular weight excluding hydrogens is 190 g/mol. The number of aromatic nitrogens is 1. The highest BCUT2D eigenvalue weighted by atomic mass is 16.6. The van der Waals surface area contributed by atoms with E-state index in [1.165, 1.54) is 10.9 Å². The monoisotopic (exact) mass is 205 g/mol. The second kappa shape index (κ2) is 4.33. The molecule has 1 heterocycles. The van der Waals surface area contributed by atoms with Gasteiger partial charge in [-0.1, -0.05) is 0 Å². The van der Waals surface area contributed by atoms with Gasteiger partial charge in [-0.2, -0.15) is 5.48 Å². The van der Waals surface area contributed by atoms with E-state index in [0.717, 1.165) is 17.7 Å². The first-order chi connectivity index (χ1) is 7.35. The van der Waals surface area contributed by atoms with Gasteiger partial charge in [0.2, 0.25) is 0 Å². The van der Waals surface area contributed by atoms with Crippen LogP contribution in [0, 0.1) is 0 Å². The third-order valence-corrected chi connectivity index (χ3v) is 2.37. The maximum Gasteiger partial charge on any atom is 0.147 e. The Morgan fingerprint density at radius 2 is 2.33 bits per heavy atom. The molecule has 0 atom stereocenters. The van der Waals surface area contributed by atoms with Gasteiger partial charge < -0.3 is 15.6 Å². The van der Waals surface area contributed by atoms with E-state index in [-0.39, 0.29) is 0 Å². The van der Waals surface area contributed by atoms with Crippen molar-refractivity contribution in [3.63, 3.8) is 0 Å². The molecule has 80 valence electrons. The molecule has 1 aromatic carbocycles. The van der Waals surface area contributed by atoms with Crippen LogP contribution in [0.5, 0.6) is 5.75 Å². The number of H-pyrrole nitrogens is 1. The highest BCUT2D eigenvalue weighted by Gasteiger charge is 2.04. The van der Waals surface area contributed by atoms with Crippen LogP contribution in [0.2, 0.25) is 0 Å². The van der Waals surface area contributed by atoms with Gasteiger partial charge in [-0.15, -0.1) is 0 Å². The van der Waals surface area contributed by atoms with Gasteiger partial charge in [0.15, 0.2) is 0 Å². The van der Waals surface area contributed by atoms with Gasteiger partial charge in [0.05, 0.1) is 0 Å². The highest BCUT2D eigenvalue weighted by molar-refractivity contribution is 5.84. The minimum absolute atomic E-state index is 0.657. The quantitative estimate of drug-likeness (QED) is 0.657. The minimum Gasteiger partial charge on any atom is -0.409 e. The van der Waals surface area contributed by atoms with E-state index >= 15 is 0 Å². The van der Waals surface area contributed by atoms with Crippen molar-refractivity contribution in [3.05, 3.63) is 30.0 Å². The first-order valence-corrected chi connectivity index (χ1v) is 4.99. The van der Waals surface area contributed by atoms with E-state index in [1.807, 2.05) is 24.4 Å². The Morgan fingerprint density at radius 3 is 3.07 bits per heavy atom. The van der Waals surface area contributed by atoms with Crippen molar-refractivity contribution in [2.45, 2.75) is 6.42 Å². The standard InChI is InChI=1S/C11H15N3O/c1-13-15-9-2-3-11-10(6-9)8(4-5-12)7-14-11/h2-3,6-7,13-14H,4-5,12H2,1H3. The number of benzene rings is 1. The number of rotatable bonds is 4. The molecule has 4 N–H and O–H groups in total. The van der Waals surface area contributed by atoms with Crippen LogP contribution in [-0.2, 0) is 6.42 Å². The largest absolute Gasteiger partial charge is 0.409 e. The van der Waals surface area contributed by atoms with Crippen LogP contribution < -0.4 is 16.1 Å².